The molecule has 9 nitrogen and oxygen atoms in total. The molecule has 0 radical (unpaired) electrons. The first-order valence-corrected chi connectivity index (χ1v) is 13.9. The first-order chi connectivity index (χ1) is 18.1. The molecule has 0 bridgehead atoms. The summed E-state index contributed by atoms with van der Waals surface area (Å²) in [5, 5.41) is 41.9. The Bertz CT molecular complexity index is 919. The number of cyclic esters (lactones) is 1. The summed E-state index contributed by atoms with van der Waals surface area (Å²) < 4.78 is 16.8. The molecule has 2 heterocycles. The topological polar surface area (TPSA) is 146 Å². The minimum atomic E-state index is -1.42. The van der Waals surface area contributed by atoms with E-state index in [0.717, 1.165) is 5.57 Å². The zero-order valence-electron chi connectivity index (χ0n) is 24.4. The Balaban J connectivity index is 2.14. The highest BCUT2D eigenvalue weighted by atomic mass is 16.6. The van der Waals surface area contributed by atoms with Gasteiger partial charge in [0, 0.05) is 12.8 Å². The van der Waals surface area contributed by atoms with Crippen molar-refractivity contribution in [3.8, 4) is 0 Å². The quantitative estimate of drug-likeness (QED) is 0.147. The number of epoxide rings is 1. The van der Waals surface area contributed by atoms with Crippen molar-refractivity contribution in [2.45, 2.75) is 128 Å². The maximum Gasteiger partial charge on any atom is 0.309 e. The summed E-state index contributed by atoms with van der Waals surface area (Å²) in [7, 11) is 0. The first kappa shape index (κ1) is 33.2. The standard InChI is InChI=1S/C30H48O9/c1-8-24(33)30(7,36)28-23(38-28)16-18(2)10-9-11-19(3)27-20(4)12-13-25(37-21(5)31)29(6,35)15-14-22(32)17-26(34)39-27/h9-13,18,20,22-25,27-28,32-33,35-36H,8,14-17H2,1-7H3/b10-9+,13-12?,19-11+. The average molecular weight is 553 g/mol. The van der Waals surface area contributed by atoms with Crippen LogP contribution in [0.2, 0.25) is 0 Å². The van der Waals surface area contributed by atoms with E-state index < -0.39 is 53.7 Å². The van der Waals surface area contributed by atoms with Crippen LogP contribution in [0.3, 0.4) is 0 Å². The van der Waals surface area contributed by atoms with Gasteiger partial charge >= 0.3 is 11.9 Å². The highest BCUT2D eigenvalue weighted by Crippen LogP contribution is 2.39. The third-order valence-corrected chi connectivity index (χ3v) is 7.69. The largest absolute Gasteiger partial charge is 0.457 e. The van der Waals surface area contributed by atoms with Crippen LogP contribution >= 0.6 is 0 Å². The van der Waals surface area contributed by atoms with Gasteiger partial charge in [0.15, 0.2) is 0 Å². The lowest BCUT2D eigenvalue weighted by atomic mass is 9.88. The van der Waals surface area contributed by atoms with Gasteiger partial charge in [0.25, 0.3) is 0 Å². The molecule has 0 saturated carbocycles. The van der Waals surface area contributed by atoms with Crippen LogP contribution in [0.25, 0.3) is 0 Å². The molecule has 222 valence electrons. The van der Waals surface area contributed by atoms with Crippen LogP contribution in [0.1, 0.15) is 80.6 Å². The van der Waals surface area contributed by atoms with Crippen LogP contribution in [0.15, 0.2) is 36.0 Å². The third-order valence-electron chi connectivity index (χ3n) is 7.69. The van der Waals surface area contributed by atoms with Gasteiger partial charge in [0.2, 0.25) is 0 Å². The number of aliphatic hydroxyl groups excluding tert-OH is 2. The Labute approximate surface area is 232 Å². The molecule has 0 aromatic carbocycles. The first-order valence-electron chi connectivity index (χ1n) is 13.9. The summed E-state index contributed by atoms with van der Waals surface area (Å²) in [5.74, 6) is -1.24. The molecule has 0 spiro atoms. The molecule has 10 atom stereocenters. The predicted molar refractivity (Wildman–Crippen MR) is 146 cm³/mol. The average Bonchev–Trinajstić information content (AvgIpc) is 3.62. The normalized spacial score (nSPS) is 35.8. The molecule has 0 aromatic rings. The van der Waals surface area contributed by atoms with Crippen molar-refractivity contribution in [1.82, 2.24) is 0 Å². The molecule has 1 saturated heterocycles. The van der Waals surface area contributed by atoms with Gasteiger partial charge in [-0.25, -0.2) is 0 Å². The smallest absolute Gasteiger partial charge is 0.309 e. The summed E-state index contributed by atoms with van der Waals surface area (Å²) in [5.41, 5.74) is -1.92. The molecule has 2 rings (SSSR count). The van der Waals surface area contributed by atoms with E-state index in [1.165, 1.54) is 6.92 Å². The fourth-order valence-corrected chi connectivity index (χ4v) is 5.01. The molecule has 2 aliphatic heterocycles. The summed E-state index contributed by atoms with van der Waals surface area (Å²) in [6.07, 6.45) is 6.42. The monoisotopic (exact) mass is 552 g/mol. The lowest BCUT2D eigenvalue weighted by Gasteiger charge is -2.32. The lowest BCUT2D eigenvalue weighted by molar-refractivity contribution is -0.157. The molecule has 10 unspecified atom stereocenters. The van der Waals surface area contributed by atoms with Gasteiger partial charge in [-0.1, -0.05) is 45.1 Å². The number of hydrogen-bond donors (Lipinski definition) is 4. The summed E-state index contributed by atoms with van der Waals surface area (Å²) in [6, 6.07) is 0. The van der Waals surface area contributed by atoms with Gasteiger partial charge in [-0.2, -0.15) is 0 Å². The van der Waals surface area contributed by atoms with E-state index in [1.807, 2.05) is 45.9 Å². The highest BCUT2D eigenvalue weighted by molar-refractivity contribution is 5.70. The number of aliphatic hydroxyl groups is 4. The minimum absolute atomic E-state index is 0.128. The van der Waals surface area contributed by atoms with E-state index in [9.17, 15) is 30.0 Å². The molecular weight excluding hydrogens is 504 g/mol. The van der Waals surface area contributed by atoms with Crippen LogP contribution in [0.4, 0.5) is 0 Å². The Kier molecular flexibility index (Phi) is 11.9. The summed E-state index contributed by atoms with van der Waals surface area (Å²) in [6.45, 7) is 12.0. The zero-order valence-corrected chi connectivity index (χ0v) is 24.4. The Morgan fingerprint density at radius 2 is 2.00 bits per heavy atom. The van der Waals surface area contributed by atoms with Crippen molar-refractivity contribution in [3.05, 3.63) is 36.0 Å². The summed E-state index contributed by atoms with van der Waals surface area (Å²) in [4.78, 5) is 24.3. The Hall–Kier alpha value is -2.04. The molecule has 0 aliphatic carbocycles. The van der Waals surface area contributed by atoms with E-state index in [-0.39, 0.29) is 37.2 Å². The number of rotatable bonds is 9. The summed E-state index contributed by atoms with van der Waals surface area (Å²) >= 11 is 0. The van der Waals surface area contributed by atoms with E-state index in [1.54, 1.807) is 26.0 Å². The van der Waals surface area contributed by atoms with Crippen LogP contribution in [0, 0.1) is 11.8 Å². The minimum Gasteiger partial charge on any atom is -0.457 e. The van der Waals surface area contributed by atoms with Gasteiger partial charge in [-0.3, -0.25) is 9.59 Å². The van der Waals surface area contributed by atoms with Gasteiger partial charge in [0.05, 0.1) is 24.7 Å². The number of carbonyl (C=O) groups is 2. The second-order valence-corrected chi connectivity index (χ2v) is 11.7. The fourth-order valence-electron chi connectivity index (χ4n) is 5.01. The second-order valence-electron chi connectivity index (χ2n) is 11.7. The van der Waals surface area contributed by atoms with Crippen molar-refractivity contribution in [2.75, 3.05) is 0 Å². The molecule has 1 fully saturated rings. The van der Waals surface area contributed by atoms with Crippen LogP contribution in [-0.2, 0) is 23.8 Å². The Morgan fingerprint density at radius 1 is 1.33 bits per heavy atom. The maximum absolute atomic E-state index is 12.6. The second kappa shape index (κ2) is 14.0. The molecule has 0 aromatic heterocycles. The highest BCUT2D eigenvalue weighted by Gasteiger charge is 2.54. The van der Waals surface area contributed by atoms with Gasteiger partial charge in [-0.15, -0.1) is 0 Å². The fraction of sp³-hybridized carbons (Fsp3) is 0.733. The molecule has 2 aliphatic rings. The van der Waals surface area contributed by atoms with Crippen molar-refractivity contribution < 1.29 is 44.2 Å². The number of esters is 2. The zero-order chi connectivity index (χ0) is 29.5. The van der Waals surface area contributed by atoms with Gasteiger partial charge < -0.3 is 34.6 Å². The molecular formula is C30H48O9. The van der Waals surface area contributed by atoms with Gasteiger partial charge in [-0.05, 0) is 64.0 Å². The van der Waals surface area contributed by atoms with Crippen molar-refractivity contribution in [1.29, 1.82) is 0 Å². The number of carbonyl (C=O) groups excluding carboxylic acids is 2. The van der Waals surface area contributed by atoms with E-state index >= 15 is 0 Å². The number of hydrogen-bond acceptors (Lipinski definition) is 9. The Morgan fingerprint density at radius 3 is 2.62 bits per heavy atom. The van der Waals surface area contributed by atoms with Crippen LogP contribution in [0.5, 0.6) is 0 Å². The van der Waals surface area contributed by atoms with Crippen LogP contribution < -0.4 is 0 Å². The molecule has 9 heteroatoms. The maximum atomic E-state index is 12.6. The van der Waals surface area contributed by atoms with Crippen molar-refractivity contribution >= 4 is 11.9 Å². The third kappa shape index (κ3) is 9.83. The van der Waals surface area contributed by atoms with Crippen molar-refractivity contribution in [3.63, 3.8) is 0 Å². The number of allylic oxidation sites excluding steroid dienone is 3. The van der Waals surface area contributed by atoms with E-state index in [4.69, 9.17) is 14.2 Å². The molecule has 39 heavy (non-hydrogen) atoms. The number of ether oxygens (including phenoxy) is 3. The van der Waals surface area contributed by atoms with Gasteiger partial charge in [0.1, 0.15) is 29.5 Å². The van der Waals surface area contributed by atoms with E-state index in [0.29, 0.717) is 12.8 Å². The predicted octanol–water partition coefficient (Wildman–Crippen LogP) is 3.14. The lowest BCUT2D eigenvalue weighted by Crippen LogP contribution is -2.45. The van der Waals surface area contributed by atoms with Crippen molar-refractivity contribution in [2.24, 2.45) is 11.8 Å². The molecule has 0 amide bonds. The van der Waals surface area contributed by atoms with Crippen LogP contribution in [-0.4, -0.2) is 80.2 Å². The SMILES string of the molecule is CCC(O)C(C)(O)C1OC1CC(C)/C=C/C=C(\C)C1OC(=O)CC(O)CCC(C)(O)C(OC(C)=O)C=CC1C. The van der Waals surface area contributed by atoms with E-state index in [2.05, 4.69) is 0 Å². The molecule has 4 N–H and O–H groups in total.